The van der Waals surface area contributed by atoms with Crippen molar-refractivity contribution in [2.24, 2.45) is 0 Å². The minimum absolute atomic E-state index is 0.0188. The van der Waals surface area contributed by atoms with Gasteiger partial charge in [-0.2, -0.15) is 0 Å². The number of hydrogen-bond donors (Lipinski definition) is 1. The monoisotopic (exact) mass is 601 g/mol. The number of imidazole rings is 1. The van der Waals surface area contributed by atoms with Crippen molar-refractivity contribution in [2.45, 2.75) is 33.1 Å². The second-order valence-corrected chi connectivity index (χ2v) is 11.6. The first-order valence-electron chi connectivity index (χ1n) is 14.5. The van der Waals surface area contributed by atoms with E-state index in [2.05, 4.69) is 4.90 Å². The van der Waals surface area contributed by atoms with Crippen LogP contribution in [0.4, 0.5) is 14.5 Å². The van der Waals surface area contributed by atoms with Crippen molar-refractivity contribution in [1.29, 1.82) is 0 Å². The number of rotatable bonds is 8. The lowest BCUT2D eigenvalue weighted by Gasteiger charge is -2.36. The van der Waals surface area contributed by atoms with E-state index < -0.39 is 0 Å². The van der Waals surface area contributed by atoms with Crippen LogP contribution in [-0.4, -0.2) is 63.1 Å². The van der Waals surface area contributed by atoms with Gasteiger partial charge in [0.15, 0.2) is 0 Å². The Kier molecular flexibility index (Phi) is 8.23. The maximum absolute atomic E-state index is 16.2. The molecule has 43 heavy (non-hydrogen) atoms. The normalized spacial score (nSPS) is 13.7. The van der Waals surface area contributed by atoms with Crippen molar-refractivity contribution in [3.05, 3.63) is 83.0 Å². The van der Waals surface area contributed by atoms with Gasteiger partial charge in [-0.25, -0.2) is 18.7 Å². The molecule has 0 atom stereocenters. The molecule has 1 aliphatic rings. The summed E-state index contributed by atoms with van der Waals surface area (Å²) in [6.07, 6.45) is 3.51. The summed E-state index contributed by atoms with van der Waals surface area (Å²) in [4.78, 5) is 26.0. The van der Waals surface area contributed by atoms with E-state index in [1.807, 2.05) is 52.1 Å². The van der Waals surface area contributed by atoms with Crippen LogP contribution in [0, 0.1) is 18.6 Å². The lowest BCUT2D eigenvalue weighted by atomic mass is 10.0. The third kappa shape index (κ3) is 5.64. The fourth-order valence-corrected chi connectivity index (χ4v) is 6.56. The first-order chi connectivity index (χ1) is 20.9. The Morgan fingerprint density at radius 1 is 0.977 bits per heavy atom. The van der Waals surface area contributed by atoms with Crippen LogP contribution in [0.5, 0.6) is 0 Å². The summed E-state index contributed by atoms with van der Waals surface area (Å²) in [7, 11) is 0. The highest BCUT2D eigenvalue weighted by molar-refractivity contribution is 7.13. The number of halogens is 2. The standard InChI is InChI=1S/C33H33F2N5O2S/c1-3-27-32(40-19-24(10-13-29(40)36-27)38-14-16-39(17-15-38)30(42)5-4-18-41)26-12-11-25(21(2)31(26)35)33-37-28(20-43-33)22-6-8-23(34)9-7-22/h6-13,19-20,41H,3-5,14-18H2,1-2H3. The van der Waals surface area contributed by atoms with Gasteiger partial charge in [0, 0.05) is 67.5 Å². The molecule has 7 nitrogen and oxygen atoms in total. The molecule has 0 bridgehead atoms. The van der Waals surface area contributed by atoms with Gasteiger partial charge >= 0.3 is 0 Å². The molecule has 0 spiro atoms. The van der Waals surface area contributed by atoms with Gasteiger partial charge in [0.2, 0.25) is 5.91 Å². The highest BCUT2D eigenvalue weighted by Gasteiger charge is 2.24. The molecule has 0 aliphatic carbocycles. The van der Waals surface area contributed by atoms with Crippen molar-refractivity contribution in [2.75, 3.05) is 37.7 Å². The molecule has 1 aliphatic heterocycles. The second kappa shape index (κ2) is 12.2. The number of aliphatic hydroxyl groups excluding tert-OH is 1. The number of fused-ring (bicyclic) bond motifs is 1. The summed E-state index contributed by atoms with van der Waals surface area (Å²) >= 11 is 1.43. The SMILES string of the molecule is CCc1nc2ccc(N3CCN(C(=O)CCCO)CC3)cn2c1-c1ccc(-c2nc(-c3ccc(F)cc3)cs2)c(C)c1F. The number of thiazole rings is 1. The maximum atomic E-state index is 16.2. The zero-order valence-electron chi connectivity index (χ0n) is 24.2. The van der Waals surface area contributed by atoms with Crippen LogP contribution in [0.2, 0.25) is 0 Å². The Balaban J connectivity index is 1.30. The number of carbonyl (C=O) groups excluding carboxylic acids is 1. The highest BCUT2D eigenvalue weighted by atomic mass is 32.1. The first-order valence-corrected chi connectivity index (χ1v) is 15.4. The van der Waals surface area contributed by atoms with Gasteiger partial charge < -0.3 is 14.9 Å². The Hall–Kier alpha value is -4.15. The van der Waals surface area contributed by atoms with Gasteiger partial charge in [0.25, 0.3) is 0 Å². The number of piperazine rings is 1. The summed E-state index contributed by atoms with van der Waals surface area (Å²) in [6.45, 7) is 6.43. The van der Waals surface area contributed by atoms with Gasteiger partial charge in [0.1, 0.15) is 22.3 Å². The average Bonchev–Trinajstić information content (AvgIpc) is 3.66. The van der Waals surface area contributed by atoms with Crippen LogP contribution in [0.1, 0.15) is 31.0 Å². The number of carbonyl (C=O) groups is 1. The molecule has 10 heteroatoms. The largest absolute Gasteiger partial charge is 0.396 e. The number of aryl methyl sites for hydroxylation is 1. The minimum Gasteiger partial charge on any atom is -0.396 e. The second-order valence-electron chi connectivity index (χ2n) is 10.7. The highest BCUT2D eigenvalue weighted by Crippen LogP contribution is 2.37. The number of pyridine rings is 1. The summed E-state index contributed by atoms with van der Waals surface area (Å²) in [5.74, 6) is -0.539. The summed E-state index contributed by atoms with van der Waals surface area (Å²) in [5, 5.41) is 11.6. The molecule has 1 N–H and O–H groups in total. The number of aliphatic hydroxyl groups is 1. The van der Waals surface area contributed by atoms with Crippen molar-refractivity contribution in [3.63, 3.8) is 0 Å². The smallest absolute Gasteiger partial charge is 0.222 e. The zero-order valence-corrected chi connectivity index (χ0v) is 25.0. The van der Waals surface area contributed by atoms with Gasteiger partial charge in [0.05, 0.1) is 22.8 Å². The molecule has 222 valence electrons. The third-order valence-corrected chi connectivity index (χ3v) is 8.95. The molecular weight excluding hydrogens is 568 g/mol. The van der Waals surface area contributed by atoms with E-state index >= 15 is 4.39 Å². The number of anilines is 1. The van der Waals surface area contributed by atoms with E-state index in [9.17, 15) is 9.18 Å². The molecule has 1 fully saturated rings. The molecule has 0 saturated carbocycles. The Bertz CT molecular complexity index is 1770. The molecule has 1 saturated heterocycles. The van der Waals surface area contributed by atoms with Crippen LogP contribution in [0.25, 0.3) is 38.7 Å². The molecule has 2 aromatic carbocycles. The number of hydrogen-bond acceptors (Lipinski definition) is 6. The molecule has 0 unspecified atom stereocenters. The molecule has 6 rings (SSSR count). The van der Waals surface area contributed by atoms with Gasteiger partial charge in [-0.15, -0.1) is 11.3 Å². The minimum atomic E-state index is -0.312. The van der Waals surface area contributed by atoms with Crippen LogP contribution in [0.15, 0.2) is 60.1 Å². The fourth-order valence-electron chi connectivity index (χ4n) is 5.65. The Morgan fingerprint density at radius 3 is 2.44 bits per heavy atom. The molecule has 4 heterocycles. The predicted octanol–water partition coefficient (Wildman–Crippen LogP) is 6.36. The van der Waals surface area contributed by atoms with Gasteiger partial charge in [-0.05, 0) is 67.8 Å². The van der Waals surface area contributed by atoms with Crippen molar-refractivity contribution >= 4 is 28.6 Å². The molecule has 1 amide bonds. The van der Waals surface area contributed by atoms with Crippen molar-refractivity contribution < 1.29 is 18.7 Å². The number of amides is 1. The average molecular weight is 602 g/mol. The third-order valence-electron chi connectivity index (χ3n) is 8.07. The fraction of sp³-hybridized carbons (Fsp3) is 0.303. The summed E-state index contributed by atoms with van der Waals surface area (Å²) < 4.78 is 31.6. The van der Waals surface area contributed by atoms with E-state index in [0.29, 0.717) is 61.6 Å². The first kappa shape index (κ1) is 28.9. The zero-order chi connectivity index (χ0) is 30.1. The Labute approximate surface area is 253 Å². The summed E-state index contributed by atoms with van der Waals surface area (Å²) in [5.41, 5.74) is 6.53. The van der Waals surface area contributed by atoms with Gasteiger partial charge in [-0.1, -0.05) is 13.0 Å². The van der Waals surface area contributed by atoms with Crippen molar-refractivity contribution in [3.8, 4) is 33.1 Å². The molecular formula is C33H33F2N5O2S. The maximum Gasteiger partial charge on any atom is 0.222 e. The quantitative estimate of drug-likeness (QED) is 0.224. The van der Waals surface area contributed by atoms with E-state index in [1.165, 1.54) is 23.5 Å². The molecule has 5 aromatic rings. The van der Waals surface area contributed by atoms with Crippen LogP contribution < -0.4 is 4.90 Å². The lowest BCUT2D eigenvalue weighted by molar-refractivity contribution is -0.131. The van der Waals surface area contributed by atoms with E-state index in [0.717, 1.165) is 39.5 Å². The summed E-state index contributed by atoms with van der Waals surface area (Å²) in [6, 6.07) is 13.9. The predicted molar refractivity (Wildman–Crippen MR) is 166 cm³/mol. The van der Waals surface area contributed by atoms with E-state index in [4.69, 9.17) is 15.1 Å². The van der Waals surface area contributed by atoms with E-state index in [1.54, 1.807) is 19.1 Å². The van der Waals surface area contributed by atoms with Gasteiger partial charge in [-0.3, -0.25) is 9.20 Å². The van der Waals surface area contributed by atoms with Crippen LogP contribution >= 0.6 is 11.3 Å². The molecule has 3 aromatic heterocycles. The Morgan fingerprint density at radius 2 is 1.72 bits per heavy atom. The topological polar surface area (TPSA) is 74.0 Å². The number of benzene rings is 2. The number of nitrogens with zero attached hydrogens (tertiary/aromatic N) is 5. The van der Waals surface area contributed by atoms with E-state index in [-0.39, 0.29) is 24.1 Å². The molecule has 0 radical (unpaired) electrons. The lowest BCUT2D eigenvalue weighted by Crippen LogP contribution is -2.48. The number of aromatic nitrogens is 3. The van der Waals surface area contributed by atoms with Crippen LogP contribution in [-0.2, 0) is 11.2 Å². The van der Waals surface area contributed by atoms with Crippen LogP contribution in [0.3, 0.4) is 0 Å². The van der Waals surface area contributed by atoms with Crippen molar-refractivity contribution in [1.82, 2.24) is 19.3 Å².